The summed E-state index contributed by atoms with van der Waals surface area (Å²) in [6.45, 7) is 4.26. The molecule has 0 aliphatic heterocycles. The SMILES string of the molecule is C=CCn1c(Cc2ccccc2)nnc1SCC(=O)Nc1ccc(F)cc1F. The zero-order valence-corrected chi connectivity index (χ0v) is 15.8. The van der Waals surface area contributed by atoms with Gasteiger partial charge in [-0.25, -0.2) is 8.78 Å². The molecular formula is C20H18F2N4OS. The molecule has 0 atom stereocenters. The van der Waals surface area contributed by atoms with Gasteiger partial charge in [-0.2, -0.15) is 0 Å². The van der Waals surface area contributed by atoms with Gasteiger partial charge in [-0.3, -0.25) is 4.79 Å². The number of nitrogens with one attached hydrogen (secondary N) is 1. The zero-order chi connectivity index (χ0) is 19.9. The van der Waals surface area contributed by atoms with Crippen molar-refractivity contribution in [2.75, 3.05) is 11.1 Å². The quantitative estimate of drug-likeness (QED) is 0.458. The van der Waals surface area contributed by atoms with E-state index in [9.17, 15) is 13.6 Å². The van der Waals surface area contributed by atoms with E-state index in [-0.39, 0.29) is 11.4 Å². The van der Waals surface area contributed by atoms with Crippen LogP contribution in [0.15, 0.2) is 66.3 Å². The van der Waals surface area contributed by atoms with Crippen LogP contribution in [0.3, 0.4) is 0 Å². The second-order valence-electron chi connectivity index (χ2n) is 5.92. The third kappa shape index (κ3) is 5.04. The van der Waals surface area contributed by atoms with Gasteiger partial charge >= 0.3 is 0 Å². The third-order valence-electron chi connectivity index (χ3n) is 3.85. The number of aromatic nitrogens is 3. The summed E-state index contributed by atoms with van der Waals surface area (Å²) in [6.07, 6.45) is 2.34. The maximum atomic E-state index is 13.6. The molecule has 0 bridgehead atoms. The van der Waals surface area contributed by atoms with Gasteiger partial charge in [-0.15, -0.1) is 16.8 Å². The molecule has 0 fully saturated rings. The highest BCUT2D eigenvalue weighted by molar-refractivity contribution is 7.99. The molecule has 5 nitrogen and oxygen atoms in total. The first-order valence-electron chi connectivity index (χ1n) is 8.51. The minimum atomic E-state index is -0.821. The topological polar surface area (TPSA) is 59.8 Å². The molecule has 1 heterocycles. The van der Waals surface area contributed by atoms with Crippen molar-refractivity contribution in [3.63, 3.8) is 0 Å². The lowest BCUT2D eigenvalue weighted by molar-refractivity contribution is -0.113. The third-order valence-corrected chi connectivity index (χ3v) is 4.81. The number of carbonyl (C=O) groups is 1. The van der Waals surface area contributed by atoms with E-state index in [0.717, 1.165) is 23.5 Å². The van der Waals surface area contributed by atoms with Crippen LogP contribution in [0, 0.1) is 11.6 Å². The Labute approximate surface area is 165 Å². The van der Waals surface area contributed by atoms with Gasteiger partial charge in [-0.1, -0.05) is 48.2 Å². The van der Waals surface area contributed by atoms with Crippen LogP contribution in [0.2, 0.25) is 0 Å². The number of anilines is 1. The average Bonchev–Trinajstić information content (AvgIpc) is 3.05. The molecule has 3 rings (SSSR count). The molecule has 1 N–H and O–H groups in total. The van der Waals surface area contributed by atoms with Crippen molar-refractivity contribution in [3.8, 4) is 0 Å². The van der Waals surface area contributed by atoms with E-state index in [1.807, 2.05) is 34.9 Å². The Hall–Kier alpha value is -3.00. The maximum absolute atomic E-state index is 13.6. The predicted octanol–water partition coefficient (Wildman–Crippen LogP) is 4.06. The zero-order valence-electron chi connectivity index (χ0n) is 14.9. The molecular weight excluding hydrogens is 382 g/mol. The first kappa shape index (κ1) is 19.8. The Balaban J connectivity index is 1.66. The van der Waals surface area contributed by atoms with Crippen LogP contribution in [0.25, 0.3) is 0 Å². The summed E-state index contributed by atoms with van der Waals surface area (Å²) >= 11 is 1.19. The van der Waals surface area contributed by atoms with Crippen LogP contribution >= 0.6 is 11.8 Å². The Morgan fingerprint density at radius 1 is 1.18 bits per heavy atom. The molecule has 144 valence electrons. The highest BCUT2D eigenvalue weighted by atomic mass is 32.2. The number of rotatable bonds is 8. The molecule has 0 aliphatic carbocycles. The van der Waals surface area contributed by atoms with Crippen LogP contribution in [0.5, 0.6) is 0 Å². The van der Waals surface area contributed by atoms with Gasteiger partial charge in [0.25, 0.3) is 0 Å². The highest BCUT2D eigenvalue weighted by Crippen LogP contribution is 2.20. The highest BCUT2D eigenvalue weighted by Gasteiger charge is 2.15. The van der Waals surface area contributed by atoms with E-state index in [1.165, 1.54) is 17.8 Å². The fraction of sp³-hybridized carbons (Fsp3) is 0.150. The fourth-order valence-corrected chi connectivity index (χ4v) is 3.32. The van der Waals surface area contributed by atoms with Crippen molar-refractivity contribution >= 4 is 23.4 Å². The number of carbonyl (C=O) groups excluding carboxylic acids is 1. The second kappa shape index (κ2) is 9.27. The first-order chi connectivity index (χ1) is 13.6. The van der Waals surface area contributed by atoms with Crippen molar-refractivity contribution in [2.45, 2.75) is 18.1 Å². The number of halogens is 2. The molecule has 3 aromatic rings. The minimum Gasteiger partial charge on any atom is -0.323 e. The number of hydrogen-bond acceptors (Lipinski definition) is 4. The first-order valence-corrected chi connectivity index (χ1v) is 9.50. The molecule has 0 radical (unpaired) electrons. The van der Waals surface area contributed by atoms with Crippen molar-refractivity contribution in [2.24, 2.45) is 0 Å². The van der Waals surface area contributed by atoms with Crippen LogP contribution < -0.4 is 5.32 Å². The lowest BCUT2D eigenvalue weighted by Gasteiger charge is -2.09. The number of nitrogens with zero attached hydrogens (tertiary/aromatic N) is 3. The molecule has 8 heteroatoms. The Kier molecular flexibility index (Phi) is 6.54. The van der Waals surface area contributed by atoms with Crippen LogP contribution in [0.1, 0.15) is 11.4 Å². The van der Waals surface area contributed by atoms with Gasteiger partial charge in [0.1, 0.15) is 17.5 Å². The summed E-state index contributed by atoms with van der Waals surface area (Å²) < 4.78 is 28.5. The largest absolute Gasteiger partial charge is 0.323 e. The van der Waals surface area contributed by atoms with Crippen molar-refractivity contribution in [1.82, 2.24) is 14.8 Å². The number of amides is 1. The summed E-state index contributed by atoms with van der Waals surface area (Å²) in [5.74, 6) is -1.17. The average molecular weight is 400 g/mol. The van der Waals surface area contributed by atoms with Gasteiger partial charge in [0, 0.05) is 19.0 Å². The minimum absolute atomic E-state index is 0.0113. The van der Waals surface area contributed by atoms with Gasteiger partial charge in [0.2, 0.25) is 5.91 Å². The predicted molar refractivity (Wildman–Crippen MR) is 105 cm³/mol. The molecule has 2 aromatic carbocycles. The van der Waals surface area contributed by atoms with Crippen molar-refractivity contribution in [1.29, 1.82) is 0 Å². The summed E-state index contributed by atoms with van der Waals surface area (Å²) in [4.78, 5) is 12.1. The van der Waals surface area contributed by atoms with Gasteiger partial charge in [-0.05, 0) is 17.7 Å². The Bertz CT molecular complexity index is 976. The van der Waals surface area contributed by atoms with E-state index < -0.39 is 17.5 Å². The van der Waals surface area contributed by atoms with Crippen LogP contribution in [-0.4, -0.2) is 26.4 Å². The smallest absolute Gasteiger partial charge is 0.234 e. The molecule has 28 heavy (non-hydrogen) atoms. The van der Waals surface area contributed by atoms with Crippen molar-refractivity contribution < 1.29 is 13.6 Å². The van der Waals surface area contributed by atoms with E-state index in [4.69, 9.17) is 0 Å². The molecule has 1 aromatic heterocycles. The van der Waals surface area contributed by atoms with Gasteiger partial charge in [0.05, 0.1) is 11.4 Å². The normalized spacial score (nSPS) is 10.6. The number of hydrogen-bond donors (Lipinski definition) is 1. The molecule has 0 aliphatic rings. The molecule has 0 spiro atoms. The number of benzene rings is 2. The van der Waals surface area contributed by atoms with E-state index in [1.54, 1.807) is 6.08 Å². The lowest BCUT2D eigenvalue weighted by Crippen LogP contribution is -2.16. The Morgan fingerprint density at radius 2 is 1.96 bits per heavy atom. The van der Waals surface area contributed by atoms with E-state index >= 15 is 0 Å². The van der Waals surface area contributed by atoms with E-state index in [2.05, 4.69) is 22.1 Å². The summed E-state index contributed by atoms with van der Waals surface area (Å²) in [5, 5.41) is 11.4. The molecule has 0 unspecified atom stereocenters. The monoisotopic (exact) mass is 400 g/mol. The van der Waals surface area contributed by atoms with Crippen LogP contribution in [0.4, 0.5) is 14.5 Å². The molecule has 1 amide bonds. The summed E-state index contributed by atoms with van der Waals surface area (Å²) in [5.41, 5.74) is 1.03. The van der Waals surface area contributed by atoms with E-state index in [0.29, 0.717) is 18.1 Å². The maximum Gasteiger partial charge on any atom is 0.234 e. The lowest BCUT2D eigenvalue weighted by atomic mass is 10.1. The number of allylic oxidation sites excluding steroid dienone is 1. The standard InChI is InChI=1S/C20H18F2N4OS/c1-2-10-26-18(11-14-6-4-3-5-7-14)24-25-20(26)28-13-19(27)23-17-9-8-15(21)12-16(17)22/h2-9,12H,1,10-11,13H2,(H,23,27). The Morgan fingerprint density at radius 3 is 2.68 bits per heavy atom. The number of thioether (sulfide) groups is 1. The second-order valence-corrected chi connectivity index (χ2v) is 6.86. The summed E-state index contributed by atoms with van der Waals surface area (Å²) in [7, 11) is 0. The summed E-state index contributed by atoms with van der Waals surface area (Å²) in [6, 6.07) is 12.9. The molecule has 0 saturated heterocycles. The van der Waals surface area contributed by atoms with Gasteiger partial charge in [0.15, 0.2) is 5.16 Å². The van der Waals surface area contributed by atoms with Crippen LogP contribution in [-0.2, 0) is 17.8 Å². The van der Waals surface area contributed by atoms with Crippen molar-refractivity contribution in [3.05, 3.63) is 84.2 Å². The fourth-order valence-electron chi connectivity index (χ4n) is 2.55. The molecule has 0 saturated carbocycles. The van der Waals surface area contributed by atoms with Gasteiger partial charge < -0.3 is 9.88 Å².